The maximum Gasteiger partial charge on any atom is 0.161 e. The van der Waals surface area contributed by atoms with Crippen molar-refractivity contribution in [3.05, 3.63) is 11.9 Å². The van der Waals surface area contributed by atoms with Crippen molar-refractivity contribution in [2.45, 2.75) is 32.4 Å². The Labute approximate surface area is 103 Å². The van der Waals surface area contributed by atoms with Crippen molar-refractivity contribution in [2.75, 3.05) is 20.8 Å². The smallest absolute Gasteiger partial charge is 0.161 e. The van der Waals surface area contributed by atoms with Gasteiger partial charge in [0.1, 0.15) is 0 Å². The first-order valence-corrected chi connectivity index (χ1v) is 6.04. The summed E-state index contributed by atoms with van der Waals surface area (Å²) in [5, 5.41) is 7.52. The van der Waals surface area contributed by atoms with Crippen molar-refractivity contribution in [3.63, 3.8) is 0 Å². The zero-order chi connectivity index (χ0) is 12.8. The molecule has 0 amide bonds. The van der Waals surface area contributed by atoms with Gasteiger partial charge in [0.15, 0.2) is 5.75 Å². The van der Waals surface area contributed by atoms with Crippen LogP contribution >= 0.6 is 0 Å². The van der Waals surface area contributed by atoms with Crippen LogP contribution in [0.4, 0.5) is 0 Å². The van der Waals surface area contributed by atoms with Gasteiger partial charge in [-0.05, 0) is 20.4 Å². The van der Waals surface area contributed by atoms with Crippen LogP contribution in [0, 0.1) is 0 Å². The van der Waals surface area contributed by atoms with Crippen LogP contribution in [0.15, 0.2) is 6.20 Å². The number of hydrogen-bond donors (Lipinski definition) is 1. The molecule has 0 saturated heterocycles. The lowest BCUT2D eigenvalue weighted by atomic mass is 10.0. The highest BCUT2D eigenvalue weighted by Gasteiger charge is 2.26. The third-order valence-corrected chi connectivity index (χ3v) is 2.93. The average Bonchev–Trinajstić information content (AvgIpc) is 2.71. The Morgan fingerprint density at radius 3 is 2.65 bits per heavy atom. The molecule has 1 rings (SSSR count). The van der Waals surface area contributed by atoms with Gasteiger partial charge in [0.25, 0.3) is 0 Å². The summed E-state index contributed by atoms with van der Waals surface area (Å²) < 4.78 is 12.9. The molecule has 0 aliphatic rings. The van der Waals surface area contributed by atoms with Gasteiger partial charge in [0.2, 0.25) is 0 Å². The summed E-state index contributed by atoms with van der Waals surface area (Å²) in [6, 6.07) is 0.0856. The van der Waals surface area contributed by atoms with Crippen LogP contribution in [0.5, 0.6) is 5.75 Å². The normalized spacial score (nSPS) is 14.6. The third kappa shape index (κ3) is 2.98. The molecule has 17 heavy (non-hydrogen) atoms. The second-order valence-corrected chi connectivity index (χ2v) is 3.89. The minimum absolute atomic E-state index is 0.0856. The summed E-state index contributed by atoms with van der Waals surface area (Å²) in [5.41, 5.74) is 1.02. The molecule has 0 aliphatic heterocycles. The summed E-state index contributed by atoms with van der Waals surface area (Å²) in [6.45, 7) is 4.83. The Hall–Kier alpha value is -1.07. The fourth-order valence-corrected chi connectivity index (χ4v) is 2.10. The second-order valence-electron chi connectivity index (χ2n) is 3.89. The van der Waals surface area contributed by atoms with Gasteiger partial charge in [0.05, 0.1) is 31.1 Å². The molecule has 2 atom stereocenters. The molecule has 1 N–H and O–H groups in total. The zero-order valence-electron chi connectivity index (χ0n) is 11.4. The lowest BCUT2D eigenvalue weighted by Crippen LogP contribution is -2.33. The summed E-state index contributed by atoms with van der Waals surface area (Å²) in [5.74, 6) is 0.796. The molecule has 1 heterocycles. The van der Waals surface area contributed by atoms with E-state index in [1.165, 1.54) is 0 Å². The van der Waals surface area contributed by atoms with E-state index in [0.29, 0.717) is 6.61 Å². The first kappa shape index (κ1) is 14.0. The van der Waals surface area contributed by atoms with Gasteiger partial charge in [-0.25, -0.2) is 0 Å². The molecular weight excluding hydrogens is 218 g/mol. The number of methoxy groups -OCH3 is 1. The Morgan fingerprint density at radius 1 is 1.47 bits per heavy atom. The SMILES string of the molecule is CCOC(CC)C(NC)c1c(OC)cnn1C. The largest absolute Gasteiger partial charge is 0.493 e. The van der Waals surface area contributed by atoms with E-state index in [-0.39, 0.29) is 12.1 Å². The van der Waals surface area contributed by atoms with Crippen LogP contribution < -0.4 is 10.1 Å². The van der Waals surface area contributed by atoms with Crippen molar-refractivity contribution >= 4 is 0 Å². The van der Waals surface area contributed by atoms with Gasteiger partial charge in [0, 0.05) is 13.7 Å². The average molecular weight is 241 g/mol. The van der Waals surface area contributed by atoms with Gasteiger partial charge in [-0.3, -0.25) is 4.68 Å². The van der Waals surface area contributed by atoms with Crippen LogP contribution in [-0.4, -0.2) is 36.6 Å². The van der Waals surface area contributed by atoms with Gasteiger partial charge < -0.3 is 14.8 Å². The predicted octanol–water partition coefficient (Wildman–Crippen LogP) is 1.50. The Bertz CT molecular complexity index is 338. The van der Waals surface area contributed by atoms with Crippen molar-refractivity contribution in [3.8, 4) is 5.75 Å². The number of likely N-dealkylation sites (N-methyl/N-ethyl adjacent to an activating group) is 1. The monoisotopic (exact) mass is 241 g/mol. The van der Waals surface area contributed by atoms with Crippen LogP contribution in [-0.2, 0) is 11.8 Å². The number of rotatable bonds is 7. The molecule has 0 aliphatic carbocycles. The molecule has 0 fully saturated rings. The minimum atomic E-state index is 0.0856. The lowest BCUT2D eigenvalue weighted by molar-refractivity contribution is 0.0307. The van der Waals surface area contributed by atoms with Gasteiger partial charge in [-0.15, -0.1) is 0 Å². The zero-order valence-corrected chi connectivity index (χ0v) is 11.4. The summed E-state index contributed by atoms with van der Waals surface area (Å²) in [7, 11) is 5.51. The fourth-order valence-electron chi connectivity index (χ4n) is 2.10. The van der Waals surface area contributed by atoms with Crippen molar-refractivity contribution in [2.24, 2.45) is 7.05 Å². The van der Waals surface area contributed by atoms with Crippen LogP contribution in [0.1, 0.15) is 32.0 Å². The Kier molecular flexibility index (Phi) is 5.44. The lowest BCUT2D eigenvalue weighted by Gasteiger charge is -2.26. The van der Waals surface area contributed by atoms with Gasteiger partial charge in [-0.1, -0.05) is 6.92 Å². The number of ether oxygens (including phenoxy) is 2. The van der Waals surface area contributed by atoms with Crippen LogP contribution in [0.3, 0.4) is 0 Å². The van der Waals surface area contributed by atoms with Crippen LogP contribution in [0.25, 0.3) is 0 Å². The molecule has 98 valence electrons. The fraction of sp³-hybridized carbons (Fsp3) is 0.750. The molecule has 5 nitrogen and oxygen atoms in total. The molecular formula is C12H23N3O2. The topological polar surface area (TPSA) is 48.3 Å². The molecule has 0 bridgehead atoms. The van der Waals surface area contributed by atoms with E-state index in [4.69, 9.17) is 9.47 Å². The Morgan fingerprint density at radius 2 is 2.18 bits per heavy atom. The second kappa shape index (κ2) is 6.61. The van der Waals surface area contributed by atoms with E-state index < -0.39 is 0 Å². The van der Waals surface area contributed by atoms with Crippen molar-refractivity contribution in [1.29, 1.82) is 0 Å². The molecule has 1 aromatic heterocycles. The summed E-state index contributed by atoms with van der Waals surface area (Å²) >= 11 is 0. The third-order valence-electron chi connectivity index (χ3n) is 2.93. The highest BCUT2D eigenvalue weighted by atomic mass is 16.5. The number of hydrogen-bond acceptors (Lipinski definition) is 4. The molecule has 1 aromatic rings. The summed E-state index contributed by atoms with van der Waals surface area (Å²) in [4.78, 5) is 0. The minimum Gasteiger partial charge on any atom is -0.493 e. The number of nitrogens with one attached hydrogen (secondary N) is 1. The van der Waals surface area contributed by atoms with Crippen molar-refractivity contribution < 1.29 is 9.47 Å². The van der Waals surface area contributed by atoms with E-state index in [9.17, 15) is 0 Å². The van der Waals surface area contributed by atoms with Crippen molar-refractivity contribution in [1.82, 2.24) is 15.1 Å². The standard InChI is InChI=1S/C12H23N3O2/c1-6-9(17-7-2)11(13-3)12-10(16-5)8-14-15(12)4/h8-9,11,13H,6-7H2,1-5H3. The van der Waals surface area contributed by atoms with E-state index in [0.717, 1.165) is 17.9 Å². The number of aryl methyl sites for hydroxylation is 1. The number of nitrogens with zero attached hydrogens (tertiary/aromatic N) is 2. The van der Waals surface area contributed by atoms with Gasteiger partial charge in [-0.2, -0.15) is 5.10 Å². The molecule has 0 saturated carbocycles. The predicted molar refractivity (Wildman–Crippen MR) is 67.3 cm³/mol. The molecule has 0 radical (unpaired) electrons. The molecule has 0 aromatic carbocycles. The molecule has 2 unspecified atom stereocenters. The summed E-state index contributed by atoms with van der Waals surface area (Å²) in [6.07, 6.45) is 2.79. The maximum atomic E-state index is 5.76. The Balaban J connectivity index is 3.02. The first-order valence-electron chi connectivity index (χ1n) is 6.04. The molecule has 5 heteroatoms. The van der Waals surface area contributed by atoms with Gasteiger partial charge >= 0.3 is 0 Å². The first-order chi connectivity index (χ1) is 8.19. The van der Waals surface area contributed by atoms with E-state index in [2.05, 4.69) is 17.3 Å². The van der Waals surface area contributed by atoms with E-state index in [1.54, 1.807) is 13.3 Å². The van der Waals surface area contributed by atoms with E-state index >= 15 is 0 Å². The highest BCUT2D eigenvalue weighted by molar-refractivity contribution is 5.29. The maximum absolute atomic E-state index is 5.76. The molecule has 0 spiro atoms. The van der Waals surface area contributed by atoms with Crippen LogP contribution in [0.2, 0.25) is 0 Å². The van der Waals surface area contributed by atoms with E-state index in [1.807, 2.05) is 25.7 Å². The number of aromatic nitrogens is 2. The highest BCUT2D eigenvalue weighted by Crippen LogP contribution is 2.28. The quantitative estimate of drug-likeness (QED) is 0.786.